The van der Waals surface area contributed by atoms with Crippen LogP contribution in [0, 0.1) is 0 Å². The smallest absolute Gasteiger partial charge is 0.314 e. The molecule has 1 aliphatic rings. The monoisotopic (exact) mass is 379 g/mol. The lowest BCUT2D eigenvalue weighted by molar-refractivity contribution is -0.182. The summed E-state index contributed by atoms with van der Waals surface area (Å²) < 4.78 is 65.3. The number of rotatable bonds is 5. The Balaban J connectivity index is 0.00000242. The number of piperazine rings is 1. The number of thiophene rings is 1. The molecule has 0 aliphatic carbocycles. The van der Waals surface area contributed by atoms with E-state index in [0.29, 0.717) is 13.1 Å². The summed E-state index contributed by atoms with van der Waals surface area (Å²) in [6, 6.07) is 1.09. The van der Waals surface area contributed by atoms with Crippen molar-refractivity contribution >= 4 is 33.8 Å². The molecule has 0 spiro atoms. The van der Waals surface area contributed by atoms with Crippen LogP contribution in [0.1, 0.15) is 0 Å². The third-order valence-electron chi connectivity index (χ3n) is 3.20. The number of sulfonamides is 1. The van der Waals surface area contributed by atoms with Gasteiger partial charge in [-0.1, -0.05) is 6.07 Å². The van der Waals surface area contributed by atoms with Gasteiger partial charge in [0.05, 0.1) is 0 Å². The highest BCUT2D eigenvalue weighted by Gasteiger charge is 2.44. The van der Waals surface area contributed by atoms with Crippen molar-refractivity contribution in [1.82, 2.24) is 14.9 Å². The molecule has 0 amide bonds. The molecule has 2 N–H and O–H groups in total. The largest absolute Gasteiger partial charge is 0.405 e. The minimum absolute atomic E-state index is 0. The van der Waals surface area contributed by atoms with Crippen molar-refractivity contribution in [2.75, 3.05) is 32.7 Å². The van der Waals surface area contributed by atoms with E-state index in [0.717, 1.165) is 11.3 Å². The molecule has 5 nitrogen and oxygen atoms in total. The second-order valence-electron chi connectivity index (χ2n) is 4.63. The number of alkyl halides is 3. The van der Waals surface area contributed by atoms with E-state index in [9.17, 15) is 21.6 Å². The van der Waals surface area contributed by atoms with Gasteiger partial charge in [0.2, 0.25) is 10.0 Å². The molecule has 1 aromatic heterocycles. The topological polar surface area (TPSA) is 61.4 Å². The fourth-order valence-electron chi connectivity index (χ4n) is 2.12. The lowest BCUT2D eigenvalue weighted by atomic mass is 10.2. The molecule has 0 aromatic carbocycles. The Bertz CT molecular complexity index is 545. The summed E-state index contributed by atoms with van der Waals surface area (Å²) in [5.41, 5.74) is 0. The van der Waals surface area contributed by atoms with Gasteiger partial charge in [-0.25, -0.2) is 13.1 Å². The van der Waals surface area contributed by atoms with Crippen molar-refractivity contribution in [3.8, 4) is 0 Å². The maximum absolute atomic E-state index is 13.1. The Hall–Kier alpha value is -0.390. The summed E-state index contributed by atoms with van der Waals surface area (Å²) in [4.78, 5) is 1.26. The van der Waals surface area contributed by atoms with Crippen LogP contribution < -0.4 is 10.0 Å². The molecule has 0 radical (unpaired) electrons. The van der Waals surface area contributed by atoms with Gasteiger partial charge < -0.3 is 5.32 Å². The van der Waals surface area contributed by atoms with E-state index >= 15 is 0 Å². The van der Waals surface area contributed by atoms with Crippen LogP contribution in [0.25, 0.3) is 0 Å². The predicted octanol–water partition coefficient (Wildman–Crippen LogP) is 1.28. The molecule has 1 fully saturated rings. The van der Waals surface area contributed by atoms with Crippen molar-refractivity contribution in [3.63, 3.8) is 0 Å². The molecule has 1 aromatic rings. The van der Waals surface area contributed by atoms with Gasteiger partial charge in [-0.15, -0.1) is 23.7 Å². The first-order valence-corrected chi connectivity index (χ1v) is 8.71. The number of nitrogens with zero attached hydrogens (tertiary/aromatic N) is 1. The van der Waals surface area contributed by atoms with Crippen LogP contribution in [0.5, 0.6) is 0 Å². The van der Waals surface area contributed by atoms with Crippen LogP contribution in [-0.2, 0) is 10.0 Å². The second-order valence-corrected chi connectivity index (χ2v) is 7.57. The summed E-state index contributed by atoms with van der Waals surface area (Å²) in [5.74, 6) is 0. The van der Waals surface area contributed by atoms with Crippen LogP contribution in [0.3, 0.4) is 0 Å². The van der Waals surface area contributed by atoms with Gasteiger partial charge in [0, 0.05) is 32.7 Å². The zero-order valence-electron chi connectivity index (χ0n) is 11.5. The summed E-state index contributed by atoms with van der Waals surface area (Å²) in [5, 5.41) is 4.53. The Morgan fingerprint density at radius 1 is 1.36 bits per heavy atom. The highest BCUT2D eigenvalue weighted by atomic mass is 35.5. The highest BCUT2D eigenvalue weighted by molar-refractivity contribution is 7.91. The van der Waals surface area contributed by atoms with Gasteiger partial charge in [-0.2, -0.15) is 13.2 Å². The van der Waals surface area contributed by atoms with E-state index in [-0.39, 0.29) is 29.7 Å². The first kappa shape index (κ1) is 19.7. The van der Waals surface area contributed by atoms with Gasteiger partial charge in [-0.3, -0.25) is 4.90 Å². The molecule has 2 rings (SSSR count). The molecular formula is C11H17ClF3N3O2S2. The third kappa shape index (κ3) is 5.07. The molecule has 11 heteroatoms. The zero-order valence-corrected chi connectivity index (χ0v) is 13.9. The predicted molar refractivity (Wildman–Crippen MR) is 81.0 cm³/mol. The Morgan fingerprint density at radius 2 is 2.00 bits per heavy atom. The first-order chi connectivity index (χ1) is 9.81. The number of halogens is 4. The molecule has 1 atom stereocenters. The zero-order chi connectivity index (χ0) is 15.5. The molecule has 1 unspecified atom stereocenters. The molecule has 0 saturated carbocycles. The highest BCUT2D eigenvalue weighted by Crippen LogP contribution is 2.25. The maximum atomic E-state index is 13.1. The van der Waals surface area contributed by atoms with Crippen LogP contribution in [0.2, 0.25) is 0 Å². The molecule has 22 heavy (non-hydrogen) atoms. The van der Waals surface area contributed by atoms with Crippen molar-refractivity contribution in [3.05, 3.63) is 17.5 Å². The van der Waals surface area contributed by atoms with E-state index in [4.69, 9.17) is 0 Å². The minimum atomic E-state index is -4.48. The summed E-state index contributed by atoms with van der Waals surface area (Å²) in [7, 11) is -3.88. The lowest BCUT2D eigenvalue weighted by Gasteiger charge is -2.35. The van der Waals surface area contributed by atoms with Crippen molar-refractivity contribution in [2.24, 2.45) is 0 Å². The Kier molecular flexibility index (Phi) is 7.09. The Labute approximate surface area is 137 Å². The normalized spacial score (nSPS) is 18.7. The molecular weight excluding hydrogens is 363 g/mol. The SMILES string of the molecule is Cl.O=S(=O)(NCC(N1CCNCC1)C(F)(F)F)c1cccs1. The van der Waals surface area contributed by atoms with E-state index in [1.54, 1.807) is 5.38 Å². The fraction of sp³-hybridized carbons (Fsp3) is 0.636. The van der Waals surface area contributed by atoms with Gasteiger partial charge in [0.15, 0.2) is 0 Å². The first-order valence-electron chi connectivity index (χ1n) is 6.35. The van der Waals surface area contributed by atoms with E-state index in [1.807, 2.05) is 0 Å². The summed E-state index contributed by atoms with van der Waals surface area (Å²) in [6.45, 7) is 0.730. The Morgan fingerprint density at radius 3 is 2.50 bits per heavy atom. The van der Waals surface area contributed by atoms with Gasteiger partial charge in [0.25, 0.3) is 0 Å². The van der Waals surface area contributed by atoms with E-state index in [1.165, 1.54) is 17.0 Å². The van der Waals surface area contributed by atoms with Gasteiger partial charge in [0.1, 0.15) is 10.3 Å². The molecule has 0 bridgehead atoms. The molecule has 2 heterocycles. The van der Waals surface area contributed by atoms with Crippen LogP contribution in [0.4, 0.5) is 13.2 Å². The molecule has 1 saturated heterocycles. The van der Waals surface area contributed by atoms with Crippen LogP contribution >= 0.6 is 23.7 Å². The van der Waals surface area contributed by atoms with Gasteiger partial charge in [-0.05, 0) is 11.4 Å². The fourth-order valence-corrected chi connectivity index (χ4v) is 4.20. The lowest BCUT2D eigenvalue weighted by Crippen LogP contribution is -2.57. The van der Waals surface area contributed by atoms with Crippen molar-refractivity contribution in [2.45, 2.75) is 16.4 Å². The number of nitrogens with one attached hydrogen (secondary N) is 2. The number of hydrogen-bond donors (Lipinski definition) is 2. The van der Waals surface area contributed by atoms with Crippen LogP contribution in [0.15, 0.2) is 21.7 Å². The van der Waals surface area contributed by atoms with Crippen molar-refractivity contribution in [1.29, 1.82) is 0 Å². The summed E-state index contributed by atoms with van der Waals surface area (Å²) >= 11 is 0.969. The second kappa shape index (κ2) is 7.93. The molecule has 1 aliphatic heterocycles. The van der Waals surface area contributed by atoms with E-state index in [2.05, 4.69) is 10.0 Å². The average Bonchev–Trinajstić information content (AvgIpc) is 2.93. The minimum Gasteiger partial charge on any atom is -0.314 e. The maximum Gasteiger partial charge on any atom is 0.405 e. The van der Waals surface area contributed by atoms with Gasteiger partial charge >= 0.3 is 6.18 Å². The third-order valence-corrected chi connectivity index (χ3v) is 6.02. The standard InChI is InChI=1S/C11H16F3N3O2S2.ClH/c12-11(13,14)9(17-5-3-15-4-6-17)8-16-21(18,19)10-2-1-7-20-10;/h1-2,7,9,15-16H,3-6,8H2;1H. The molecule has 128 valence electrons. The average molecular weight is 380 g/mol. The summed E-state index contributed by atoms with van der Waals surface area (Å²) in [6.07, 6.45) is -4.48. The van der Waals surface area contributed by atoms with E-state index < -0.39 is 28.8 Å². The quantitative estimate of drug-likeness (QED) is 0.809. The van der Waals surface area contributed by atoms with Crippen molar-refractivity contribution < 1.29 is 21.6 Å². The van der Waals surface area contributed by atoms with Crippen LogP contribution in [-0.4, -0.2) is 58.3 Å². The number of hydrogen-bond acceptors (Lipinski definition) is 5.